The average molecular weight is 283 g/mol. The van der Waals surface area contributed by atoms with E-state index < -0.39 is 0 Å². The second-order valence-electron chi connectivity index (χ2n) is 4.89. The molecule has 0 spiro atoms. The highest BCUT2D eigenvalue weighted by Gasteiger charge is 2.22. The Balaban J connectivity index is 1.90. The Hall–Kier alpha value is -1.42. The predicted octanol–water partition coefficient (Wildman–Crippen LogP) is 3.01. The van der Waals surface area contributed by atoms with Crippen LogP contribution in [0, 0.1) is 0 Å². The second-order valence-corrected chi connectivity index (χ2v) is 5.32. The van der Waals surface area contributed by atoms with E-state index in [2.05, 4.69) is 4.90 Å². The number of hydrogen-bond donors (Lipinski definition) is 0. The van der Waals surface area contributed by atoms with Crippen LogP contribution in [0.4, 0.5) is 10.5 Å². The fraction of sp³-hybridized carbons (Fsp3) is 0.500. The summed E-state index contributed by atoms with van der Waals surface area (Å²) >= 11 is 5.99. The van der Waals surface area contributed by atoms with Gasteiger partial charge in [-0.05, 0) is 32.0 Å². The van der Waals surface area contributed by atoms with Crippen molar-refractivity contribution in [2.45, 2.75) is 20.0 Å². The lowest BCUT2D eigenvalue weighted by Crippen LogP contribution is -2.49. The number of nitrogens with zero attached hydrogens (tertiary/aromatic N) is 2. The van der Waals surface area contributed by atoms with E-state index in [4.69, 9.17) is 16.3 Å². The van der Waals surface area contributed by atoms with Gasteiger partial charge in [-0.15, -0.1) is 0 Å². The van der Waals surface area contributed by atoms with Gasteiger partial charge in [-0.2, -0.15) is 0 Å². The molecule has 0 atom stereocenters. The summed E-state index contributed by atoms with van der Waals surface area (Å²) in [5.74, 6) is 0. The number of benzene rings is 1. The van der Waals surface area contributed by atoms with Crippen LogP contribution in [0.3, 0.4) is 0 Å². The lowest BCUT2D eigenvalue weighted by atomic mass is 10.2. The first-order chi connectivity index (χ1) is 9.06. The largest absolute Gasteiger partial charge is 0.447 e. The van der Waals surface area contributed by atoms with Gasteiger partial charge in [0, 0.05) is 36.9 Å². The van der Waals surface area contributed by atoms with Crippen molar-refractivity contribution < 1.29 is 9.53 Å². The quantitative estimate of drug-likeness (QED) is 0.836. The molecule has 0 saturated carbocycles. The molecule has 1 aromatic rings. The number of rotatable bonds is 2. The molecule has 1 saturated heterocycles. The van der Waals surface area contributed by atoms with Crippen molar-refractivity contribution >= 4 is 23.4 Å². The highest BCUT2D eigenvalue weighted by atomic mass is 35.5. The van der Waals surface area contributed by atoms with Crippen molar-refractivity contribution in [2.24, 2.45) is 0 Å². The number of ether oxygens (including phenoxy) is 1. The zero-order chi connectivity index (χ0) is 13.8. The standard InChI is InChI=1S/C14H19ClN2O2/c1-11(2)19-14(18)17-8-6-16(7-9-17)13-5-3-4-12(15)10-13/h3-5,10-11H,6-9H2,1-2H3. The van der Waals surface area contributed by atoms with E-state index in [9.17, 15) is 4.79 Å². The van der Waals surface area contributed by atoms with Crippen LogP contribution in [0.1, 0.15) is 13.8 Å². The van der Waals surface area contributed by atoms with Crippen LogP contribution >= 0.6 is 11.6 Å². The molecule has 0 N–H and O–H groups in total. The molecule has 1 amide bonds. The number of carbonyl (C=O) groups excluding carboxylic acids is 1. The van der Waals surface area contributed by atoms with Gasteiger partial charge >= 0.3 is 6.09 Å². The van der Waals surface area contributed by atoms with Crippen LogP contribution in [0.15, 0.2) is 24.3 Å². The van der Waals surface area contributed by atoms with Crippen molar-refractivity contribution in [1.29, 1.82) is 0 Å². The second kappa shape index (κ2) is 6.15. The van der Waals surface area contributed by atoms with Gasteiger partial charge in [0.05, 0.1) is 6.10 Å². The summed E-state index contributed by atoms with van der Waals surface area (Å²) < 4.78 is 5.20. The number of carbonyl (C=O) groups is 1. The zero-order valence-electron chi connectivity index (χ0n) is 11.3. The molecule has 1 aliphatic heterocycles. The van der Waals surface area contributed by atoms with Crippen LogP contribution in [-0.2, 0) is 4.74 Å². The van der Waals surface area contributed by atoms with Crippen LogP contribution in [0.2, 0.25) is 5.02 Å². The van der Waals surface area contributed by atoms with E-state index in [-0.39, 0.29) is 12.2 Å². The lowest BCUT2D eigenvalue weighted by Gasteiger charge is -2.35. The Labute approximate surface area is 118 Å². The zero-order valence-corrected chi connectivity index (χ0v) is 12.1. The van der Waals surface area contributed by atoms with Gasteiger partial charge in [0.2, 0.25) is 0 Å². The maximum Gasteiger partial charge on any atom is 0.410 e. The first kappa shape index (κ1) is 14.0. The van der Waals surface area contributed by atoms with Crippen LogP contribution in [-0.4, -0.2) is 43.3 Å². The minimum absolute atomic E-state index is 0.0709. The molecule has 1 aliphatic rings. The number of piperazine rings is 1. The molecule has 2 rings (SSSR count). The third-order valence-electron chi connectivity index (χ3n) is 3.05. The third kappa shape index (κ3) is 3.77. The van der Waals surface area contributed by atoms with Gasteiger partial charge in [0.1, 0.15) is 0 Å². The van der Waals surface area contributed by atoms with E-state index in [0.29, 0.717) is 13.1 Å². The molecule has 0 aliphatic carbocycles. The SMILES string of the molecule is CC(C)OC(=O)N1CCN(c2cccc(Cl)c2)CC1. The molecule has 0 radical (unpaired) electrons. The maximum absolute atomic E-state index is 11.8. The minimum Gasteiger partial charge on any atom is -0.447 e. The minimum atomic E-state index is -0.222. The average Bonchev–Trinajstić information content (AvgIpc) is 2.38. The first-order valence-corrected chi connectivity index (χ1v) is 6.90. The summed E-state index contributed by atoms with van der Waals surface area (Å²) in [5, 5.41) is 0.735. The maximum atomic E-state index is 11.8. The monoisotopic (exact) mass is 282 g/mol. The normalized spacial score (nSPS) is 15.8. The molecule has 0 aromatic heterocycles. The van der Waals surface area contributed by atoms with Crippen molar-refractivity contribution in [1.82, 2.24) is 4.90 Å². The Kier molecular flexibility index (Phi) is 4.53. The summed E-state index contributed by atoms with van der Waals surface area (Å²) in [4.78, 5) is 15.7. The molecule has 4 nitrogen and oxygen atoms in total. The van der Waals surface area contributed by atoms with E-state index in [1.807, 2.05) is 38.1 Å². The smallest absolute Gasteiger partial charge is 0.410 e. The number of hydrogen-bond acceptors (Lipinski definition) is 3. The molecule has 104 valence electrons. The van der Waals surface area contributed by atoms with E-state index in [1.165, 1.54) is 0 Å². The summed E-state index contributed by atoms with van der Waals surface area (Å²) in [6.45, 7) is 6.68. The number of anilines is 1. The summed E-state index contributed by atoms with van der Waals surface area (Å²) in [7, 11) is 0. The molecule has 1 fully saturated rings. The Bertz CT molecular complexity index is 443. The third-order valence-corrected chi connectivity index (χ3v) is 3.28. The summed E-state index contributed by atoms with van der Waals surface area (Å²) in [6.07, 6.45) is -0.292. The summed E-state index contributed by atoms with van der Waals surface area (Å²) in [6, 6.07) is 7.79. The van der Waals surface area contributed by atoms with Crippen molar-refractivity contribution in [3.8, 4) is 0 Å². The van der Waals surface area contributed by atoms with E-state index in [1.54, 1.807) is 4.90 Å². The topological polar surface area (TPSA) is 32.8 Å². The van der Waals surface area contributed by atoms with E-state index in [0.717, 1.165) is 23.8 Å². The lowest BCUT2D eigenvalue weighted by molar-refractivity contribution is 0.0751. The van der Waals surface area contributed by atoms with Gasteiger partial charge in [-0.1, -0.05) is 17.7 Å². The van der Waals surface area contributed by atoms with Crippen LogP contribution in [0.5, 0.6) is 0 Å². The van der Waals surface area contributed by atoms with Gasteiger partial charge in [-0.3, -0.25) is 0 Å². The Morgan fingerprint density at radius 3 is 2.53 bits per heavy atom. The van der Waals surface area contributed by atoms with Crippen molar-refractivity contribution in [2.75, 3.05) is 31.1 Å². The molecule has 0 bridgehead atoms. The Morgan fingerprint density at radius 1 is 1.26 bits per heavy atom. The van der Waals surface area contributed by atoms with Crippen LogP contribution < -0.4 is 4.90 Å². The summed E-state index contributed by atoms with van der Waals surface area (Å²) in [5.41, 5.74) is 1.10. The molecule has 0 unspecified atom stereocenters. The fourth-order valence-corrected chi connectivity index (χ4v) is 2.28. The van der Waals surface area contributed by atoms with E-state index >= 15 is 0 Å². The molecular weight excluding hydrogens is 264 g/mol. The van der Waals surface area contributed by atoms with Gasteiger partial charge < -0.3 is 14.5 Å². The molecule has 19 heavy (non-hydrogen) atoms. The molecular formula is C14H19ClN2O2. The molecule has 1 heterocycles. The highest BCUT2D eigenvalue weighted by Crippen LogP contribution is 2.20. The van der Waals surface area contributed by atoms with Gasteiger partial charge in [0.25, 0.3) is 0 Å². The van der Waals surface area contributed by atoms with Crippen LogP contribution in [0.25, 0.3) is 0 Å². The van der Waals surface area contributed by atoms with Crippen molar-refractivity contribution in [3.05, 3.63) is 29.3 Å². The highest BCUT2D eigenvalue weighted by molar-refractivity contribution is 6.30. The Morgan fingerprint density at radius 2 is 1.95 bits per heavy atom. The first-order valence-electron chi connectivity index (χ1n) is 6.52. The van der Waals surface area contributed by atoms with Gasteiger partial charge in [0.15, 0.2) is 0 Å². The number of halogens is 1. The number of amides is 1. The molecule has 1 aromatic carbocycles. The fourth-order valence-electron chi connectivity index (χ4n) is 2.10. The molecule has 5 heteroatoms. The van der Waals surface area contributed by atoms with Gasteiger partial charge in [-0.25, -0.2) is 4.79 Å². The van der Waals surface area contributed by atoms with Crippen molar-refractivity contribution in [3.63, 3.8) is 0 Å². The predicted molar refractivity (Wildman–Crippen MR) is 76.9 cm³/mol.